The minimum Gasteiger partial charge on any atom is -0.313 e. The minimum atomic E-state index is 0. The van der Waals surface area contributed by atoms with Gasteiger partial charge in [-0.2, -0.15) is 23.6 Å². The summed E-state index contributed by atoms with van der Waals surface area (Å²) in [5.74, 6) is 1.60. The second-order valence-corrected chi connectivity index (χ2v) is 4.35. The van der Waals surface area contributed by atoms with Gasteiger partial charge in [0.2, 0.25) is 0 Å². The zero-order valence-corrected chi connectivity index (χ0v) is 12.3. The quantitative estimate of drug-likeness (QED) is 0.748. The standard InChI is InChI=1S/C13H18N.W/c1-10-8-13(9-11(2)14-10)12-6-4-3-5-7-12;/h3-7,10-11,14H,8-9H2,1-2H3;/q-1;. The van der Waals surface area contributed by atoms with Crippen LogP contribution in [0.4, 0.5) is 0 Å². The van der Waals surface area contributed by atoms with Crippen molar-refractivity contribution in [1.29, 1.82) is 0 Å². The summed E-state index contributed by atoms with van der Waals surface area (Å²) in [7, 11) is 0. The van der Waals surface area contributed by atoms with Crippen LogP contribution < -0.4 is 5.32 Å². The maximum absolute atomic E-state index is 3.56. The van der Waals surface area contributed by atoms with Crippen molar-refractivity contribution in [2.45, 2.75) is 38.8 Å². The largest absolute Gasteiger partial charge is 0.313 e. The fourth-order valence-electron chi connectivity index (χ4n) is 2.34. The predicted octanol–water partition coefficient (Wildman–Crippen LogP) is 2.77. The van der Waals surface area contributed by atoms with E-state index in [1.54, 1.807) is 5.92 Å². The molecule has 0 radical (unpaired) electrons. The maximum atomic E-state index is 3.56. The summed E-state index contributed by atoms with van der Waals surface area (Å²) in [6.45, 7) is 4.53. The number of hydrogen-bond donors (Lipinski definition) is 1. The number of benzene rings is 1. The van der Waals surface area contributed by atoms with Crippen LogP contribution in [-0.2, 0) is 21.1 Å². The van der Waals surface area contributed by atoms with Gasteiger partial charge in [-0.3, -0.25) is 0 Å². The molecule has 0 saturated carbocycles. The summed E-state index contributed by atoms with van der Waals surface area (Å²) < 4.78 is 0. The molecule has 0 aliphatic carbocycles. The van der Waals surface area contributed by atoms with Crippen LogP contribution in [0.2, 0.25) is 0 Å². The van der Waals surface area contributed by atoms with E-state index >= 15 is 0 Å². The van der Waals surface area contributed by atoms with Crippen LogP contribution in [0.5, 0.6) is 0 Å². The second kappa shape index (κ2) is 5.72. The molecule has 0 spiro atoms. The van der Waals surface area contributed by atoms with Crippen molar-refractivity contribution >= 4 is 0 Å². The Morgan fingerprint density at radius 1 is 1.07 bits per heavy atom. The molecule has 1 nitrogen and oxygen atoms in total. The van der Waals surface area contributed by atoms with Gasteiger partial charge in [0.1, 0.15) is 0 Å². The van der Waals surface area contributed by atoms with Crippen molar-refractivity contribution in [1.82, 2.24) is 5.32 Å². The Morgan fingerprint density at radius 3 is 2.13 bits per heavy atom. The Labute approximate surface area is 107 Å². The van der Waals surface area contributed by atoms with Gasteiger partial charge in [0.05, 0.1) is 0 Å². The summed E-state index contributed by atoms with van der Waals surface area (Å²) in [4.78, 5) is 0. The summed E-state index contributed by atoms with van der Waals surface area (Å²) in [5.41, 5.74) is 1.42. The van der Waals surface area contributed by atoms with Gasteiger partial charge < -0.3 is 5.32 Å². The van der Waals surface area contributed by atoms with E-state index in [9.17, 15) is 0 Å². The van der Waals surface area contributed by atoms with Gasteiger partial charge in [-0.1, -0.05) is 32.8 Å². The molecule has 0 amide bonds. The number of rotatable bonds is 1. The van der Waals surface area contributed by atoms with E-state index in [-0.39, 0.29) is 21.1 Å². The van der Waals surface area contributed by atoms with Crippen LogP contribution in [0, 0.1) is 5.92 Å². The van der Waals surface area contributed by atoms with E-state index in [1.165, 1.54) is 18.4 Å². The molecule has 1 aliphatic rings. The second-order valence-electron chi connectivity index (χ2n) is 4.35. The first-order valence-electron chi connectivity index (χ1n) is 5.42. The van der Waals surface area contributed by atoms with Crippen molar-refractivity contribution < 1.29 is 21.1 Å². The van der Waals surface area contributed by atoms with E-state index in [0.29, 0.717) is 12.1 Å². The zero-order chi connectivity index (χ0) is 9.97. The average Bonchev–Trinajstić information content (AvgIpc) is 2.18. The molecule has 1 N–H and O–H groups in total. The van der Waals surface area contributed by atoms with Crippen molar-refractivity contribution in [3.63, 3.8) is 0 Å². The smallest absolute Gasteiger partial charge is 0 e. The van der Waals surface area contributed by atoms with Gasteiger partial charge in [0.15, 0.2) is 0 Å². The summed E-state index contributed by atoms with van der Waals surface area (Å²) in [6, 6.07) is 12.0. The monoisotopic (exact) mass is 372 g/mol. The summed E-state index contributed by atoms with van der Waals surface area (Å²) in [6.07, 6.45) is 2.38. The Kier molecular flexibility index (Phi) is 4.89. The maximum Gasteiger partial charge on any atom is 0 e. The van der Waals surface area contributed by atoms with Crippen LogP contribution in [0.3, 0.4) is 0 Å². The molecular formula is C13H18NW-. The SMILES string of the molecule is CC1C[C-](c2ccccc2)CC(C)N1.[W]. The summed E-state index contributed by atoms with van der Waals surface area (Å²) in [5, 5.41) is 3.56. The van der Waals surface area contributed by atoms with Crippen molar-refractivity contribution in [3.8, 4) is 0 Å². The molecule has 1 fully saturated rings. The molecule has 1 heterocycles. The molecular weight excluding hydrogens is 354 g/mol. The van der Waals surface area contributed by atoms with Crippen molar-refractivity contribution in [3.05, 3.63) is 41.8 Å². The van der Waals surface area contributed by atoms with Crippen molar-refractivity contribution in [2.75, 3.05) is 0 Å². The molecule has 1 aliphatic heterocycles. The van der Waals surface area contributed by atoms with Gasteiger partial charge >= 0.3 is 0 Å². The van der Waals surface area contributed by atoms with Crippen molar-refractivity contribution in [2.24, 2.45) is 0 Å². The van der Waals surface area contributed by atoms with Crippen LogP contribution in [-0.4, -0.2) is 12.1 Å². The van der Waals surface area contributed by atoms with Gasteiger partial charge in [-0.05, 0) is 12.1 Å². The Morgan fingerprint density at radius 2 is 1.60 bits per heavy atom. The van der Waals surface area contributed by atoms with E-state index in [4.69, 9.17) is 0 Å². The Balaban J connectivity index is 0.00000112. The van der Waals surface area contributed by atoms with E-state index in [2.05, 4.69) is 49.5 Å². The Hall–Kier alpha value is -0.262. The van der Waals surface area contributed by atoms with E-state index in [1.807, 2.05) is 0 Å². The van der Waals surface area contributed by atoms with E-state index < -0.39 is 0 Å². The molecule has 2 atom stereocenters. The molecule has 0 bridgehead atoms. The topological polar surface area (TPSA) is 12.0 Å². The third-order valence-corrected chi connectivity index (χ3v) is 2.86. The van der Waals surface area contributed by atoms with Gasteiger partial charge in [0, 0.05) is 21.1 Å². The minimum absolute atomic E-state index is 0. The molecule has 1 aromatic rings. The van der Waals surface area contributed by atoms with E-state index in [0.717, 1.165) is 0 Å². The van der Waals surface area contributed by atoms with Crippen LogP contribution in [0.15, 0.2) is 30.3 Å². The van der Waals surface area contributed by atoms with Gasteiger partial charge in [-0.15, -0.1) is 12.1 Å². The van der Waals surface area contributed by atoms with Crippen LogP contribution >= 0.6 is 0 Å². The fraction of sp³-hybridized carbons (Fsp3) is 0.462. The molecule has 1 aromatic carbocycles. The molecule has 0 aromatic heterocycles. The molecule has 1 saturated heterocycles. The predicted molar refractivity (Wildman–Crippen MR) is 60.1 cm³/mol. The molecule has 15 heavy (non-hydrogen) atoms. The number of hydrogen-bond acceptors (Lipinski definition) is 1. The van der Waals surface area contributed by atoms with Crippen LogP contribution in [0.1, 0.15) is 32.3 Å². The molecule has 82 valence electrons. The molecule has 2 heteroatoms. The number of nitrogens with one attached hydrogen (secondary N) is 1. The molecule has 2 unspecified atom stereocenters. The average molecular weight is 372 g/mol. The normalized spacial score (nSPS) is 25.9. The Bertz CT molecular complexity index is 276. The fourth-order valence-corrected chi connectivity index (χ4v) is 2.34. The first-order chi connectivity index (χ1) is 6.75. The molecule has 2 rings (SSSR count). The first kappa shape index (κ1) is 12.8. The third kappa shape index (κ3) is 3.36. The van der Waals surface area contributed by atoms with Crippen LogP contribution in [0.25, 0.3) is 0 Å². The van der Waals surface area contributed by atoms with Gasteiger partial charge in [-0.25, -0.2) is 0 Å². The van der Waals surface area contributed by atoms with Gasteiger partial charge in [0.25, 0.3) is 0 Å². The first-order valence-corrected chi connectivity index (χ1v) is 5.42. The zero-order valence-electron chi connectivity index (χ0n) is 9.36. The summed E-state index contributed by atoms with van der Waals surface area (Å²) >= 11 is 0. The number of piperidine rings is 1. The third-order valence-electron chi connectivity index (χ3n) is 2.86.